The maximum absolute atomic E-state index is 12.4. The molecule has 0 aliphatic carbocycles. The number of halogens is 2. The molecule has 0 aromatic carbocycles. The van der Waals surface area contributed by atoms with Crippen molar-refractivity contribution < 1.29 is 13.6 Å². The Morgan fingerprint density at radius 1 is 1.30 bits per heavy atom. The van der Waals surface area contributed by atoms with Crippen LogP contribution in [0.4, 0.5) is 13.6 Å². The topological polar surface area (TPSA) is 35.6 Å². The summed E-state index contributed by atoms with van der Waals surface area (Å²) in [4.78, 5) is 15.6. The number of carbonyl (C=O) groups is 1. The lowest BCUT2D eigenvalue weighted by Gasteiger charge is -2.24. The lowest BCUT2D eigenvalue weighted by Crippen LogP contribution is -2.45. The van der Waals surface area contributed by atoms with Crippen molar-refractivity contribution in [1.82, 2.24) is 15.1 Å². The second-order valence-corrected chi connectivity index (χ2v) is 6.15. The smallest absolute Gasteiger partial charge is 0.317 e. The van der Waals surface area contributed by atoms with Crippen LogP contribution >= 0.6 is 11.8 Å². The summed E-state index contributed by atoms with van der Waals surface area (Å²) in [7, 11) is 0. The first-order chi connectivity index (χ1) is 9.52. The van der Waals surface area contributed by atoms with Crippen LogP contribution in [-0.4, -0.2) is 73.0 Å². The zero-order valence-corrected chi connectivity index (χ0v) is 13.1. The Kier molecular flexibility index (Phi) is 8.21. The van der Waals surface area contributed by atoms with Gasteiger partial charge in [-0.25, -0.2) is 13.6 Å². The molecule has 1 saturated heterocycles. The van der Waals surface area contributed by atoms with E-state index in [1.807, 2.05) is 13.2 Å². The SMILES string of the molecule is CSCC[C@@H](C)NC(=O)N1CCCN(CC(F)F)CC1. The summed E-state index contributed by atoms with van der Waals surface area (Å²) in [5.41, 5.74) is 0. The van der Waals surface area contributed by atoms with Gasteiger partial charge in [0.2, 0.25) is 0 Å². The summed E-state index contributed by atoms with van der Waals surface area (Å²) < 4.78 is 24.7. The van der Waals surface area contributed by atoms with Gasteiger partial charge in [-0.1, -0.05) is 0 Å². The molecule has 1 rings (SSSR count). The molecule has 1 fully saturated rings. The highest BCUT2D eigenvalue weighted by atomic mass is 32.2. The van der Waals surface area contributed by atoms with Gasteiger partial charge in [0.15, 0.2) is 0 Å². The van der Waals surface area contributed by atoms with Crippen molar-refractivity contribution in [2.75, 3.05) is 44.7 Å². The van der Waals surface area contributed by atoms with Crippen molar-refractivity contribution in [2.24, 2.45) is 0 Å². The summed E-state index contributed by atoms with van der Waals surface area (Å²) in [6.45, 7) is 4.12. The quantitative estimate of drug-likeness (QED) is 0.816. The highest BCUT2D eigenvalue weighted by Crippen LogP contribution is 2.07. The Labute approximate surface area is 124 Å². The van der Waals surface area contributed by atoms with Crippen LogP contribution in [0.15, 0.2) is 0 Å². The molecule has 0 unspecified atom stereocenters. The van der Waals surface area contributed by atoms with Crippen molar-refractivity contribution in [3.8, 4) is 0 Å². The molecule has 4 nitrogen and oxygen atoms in total. The minimum absolute atomic E-state index is 0.0718. The van der Waals surface area contributed by atoms with E-state index < -0.39 is 6.43 Å². The van der Waals surface area contributed by atoms with E-state index in [4.69, 9.17) is 0 Å². The third-order valence-electron chi connectivity index (χ3n) is 3.40. The van der Waals surface area contributed by atoms with Crippen LogP contribution in [0.1, 0.15) is 19.8 Å². The molecule has 1 aliphatic heterocycles. The van der Waals surface area contributed by atoms with Gasteiger partial charge in [-0.15, -0.1) is 0 Å². The first-order valence-corrected chi connectivity index (χ1v) is 8.47. The van der Waals surface area contributed by atoms with Crippen LogP contribution in [0, 0.1) is 0 Å². The van der Waals surface area contributed by atoms with Crippen molar-refractivity contribution in [2.45, 2.75) is 32.2 Å². The van der Waals surface area contributed by atoms with Gasteiger partial charge in [-0.05, 0) is 31.8 Å². The lowest BCUT2D eigenvalue weighted by molar-refractivity contribution is 0.0903. The third-order valence-corrected chi connectivity index (χ3v) is 4.04. The zero-order chi connectivity index (χ0) is 15.0. The van der Waals surface area contributed by atoms with Gasteiger partial charge in [0.05, 0.1) is 6.54 Å². The molecular formula is C13H25F2N3OS. The molecule has 1 heterocycles. The van der Waals surface area contributed by atoms with Crippen LogP contribution in [0.3, 0.4) is 0 Å². The minimum Gasteiger partial charge on any atom is -0.336 e. The maximum atomic E-state index is 12.4. The highest BCUT2D eigenvalue weighted by Gasteiger charge is 2.21. The highest BCUT2D eigenvalue weighted by molar-refractivity contribution is 7.98. The van der Waals surface area contributed by atoms with Gasteiger partial charge in [0.1, 0.15) is 0 Å². The van der Waals surface area contributed by atoms with E-state index in [1.165, 1.54) is 0 Å². The Morgan fingerprint density at radius 3 is 2.70 bits per heavy atom. The molecule has 118 valence electrons. The number of nitrogens with one attached hydrogen (secondary N) is 1. The van der Waals surface area contributed by atoms with E-state index in [-0.39, 0.29) is 18.6 Å². The molecule has 1 N–H and O–H groups in total. The maximum Gasteiger partial charge on any atom is 0.317 e. The second kappa shape index (κ2) is 9.39. The van der Waals surface area contributed by atoms with Crippen LogP contribution in [0.2, 0.25) is 0 Å². The lowest BCUT2D eigenvalue weighted by atomic mass is 10.2. The Balaban J connectivity index is 2.34. The van der Waals surface area contributed by atoms with E-state index in [0.29, 0.717) is 26.2 Å². The second-order valence-electron chi connectivity index (χ2n) is 5.16. The number of urea groups is 1. The van der Waals surface area contributed by atoms with E-state index in [0.717, 1.165) is 18.6 Å². The molecule has 0 radical (unpaired) electrons. The van der Waals surface area contributed by atoms with Gasteiger partial charge in [-0.3, -0.25) is 4.90 Å². The van der Waals surface area contributed by atoms with E-state index in [9.17, 15) is 13.6 Å². The first-order valence-electron chi connectivity index (χ1n) is 7.07. The Bertz CT molecular complexity index is 295. The van der Waals surface area contributed by atoms with Gasteiger partial charge < -0.3 is 10.2 Å². The predicted octanol–water partition coefficient (Wildman–Crippen LogP) is 2.11. The zero-order valence-electron chi connectivity index (χ0n) is 12.3. The molecular weight excluding hydrogens is 284 g/mol. The summed E-state index contributed by atoms with van der Waals surface area (Å²) >= 11 is 1.76. The molecule has 1 aliphatic rings. The van der Waals surface area contributed by atoms with Crippen molar-refractivity contribution in [1.29, 1.82) is 0 Å². The average Bonchev–Trinajstić information content (AvgIpc) is 2.61. The Morgan fingerprint density at radius 2 is 2.05 bits per heavy atom. The summed E-state index contributed by atoms with van der Waals surface area (Å²) in [5, 5.41) is 2.97. The number of rotatable bonds is 6. The number of thioether (sulfide) groups is 1. The molecule has 2 amide bonds. The van der Waals surface area contributed by atoms with Crippen LogP contribution in [0.5, 0.6) is 0 Å². The van der Waals surface area contributed by atoms with E-state index >= 15 is 0 Å². The van der Waals surface area contributed by atoms with Gasteiger partial charge in [0.25, 0.3) is 6.43 Å². The summed E-state index contributed by atoms with van der Waals surface area (Å²) in [5.74, 6) is 1.02. The fraction of sp³-hybridized carbons (Fsp3) is 0.923. The van der Waals surface area contributed by atoms with Crippen molar-refractivity contribution >= 4 is 17.8 Å². The number of alkyl halides is 2. The monoisotopic (exact) mass is 309 g/mol. The molecule has 0 bridgehead atoms. The standard InChI is InChI=1S/C13H25F2N3OS/c1-11(4-9-20-2)16-13(19)18-6-3-5-17(7-8-18)10-12(14)15/h11-12H,3-10H2,1-2H3,(H,16,19)/t11-/m1/s1. The molecule has 0 spiro atoms. The normalized spacial score (nSPS) is 18.9. The number of amides is 2. The number of carbonyl (C=O) groups excluding carboxylic acids is 1. The molecule has 1 atom stereocenters. The largest absolute Gasteiger partial charge is 0.336 e. The molecule has 20 heavy (non-hydrogen) atoms. The Hall–Kier alpha value is -0.560. The van der Waals surface area contributed by atoms with Gasteiger partial charge in [-0.2, -0.15) is 11.8 Å². The first kappa shape index (κ1) is 17.5. The predicted molar refractivity (Wildman–Crippen MR) is 79.6 cm³/mol. The molecule has 0 aromatic rings. The van der Waals surface area contributed by atoms with Gasteiger partial charge in [0, 0.05) is 32.2 Å². The van der Waals surface area contributed by atoms with Crippen molar-refractivity contribution in [3.63, 3.8) is 0 Å². The molecule has 0 saturated carbocycles. The summed E-state index contributed by atoms with van der Waals surface area (Å²) in [6, 6.07) is 0.0767. The van der Waals surface area contributed by atoms with Crippen LogP contribution < -0.4 is 5.32 Å². The number of nitrogens with zero attached hydrogens (tertiary/aromatic N) is 2. The molecule has 7 heteroatoms. The van der Waals surface area contributed by atoms with E-state index in [1.54, 1.807) is 21.6 Å². The number of hydrogen-bond acceptors (Lipinski definition) is 3. The van der Waals surface area contributed by atoms with Crippen LogP contribution in [0.25, 0.3) is 0 Å². The van der Waals surface area contributed by atoms with Crippen LogP contribution in [-0.2, 0) is 0 Å². The minimum atomic E-state index is -2.30. The fourth-order valence-corrected chi connectivity index (χ4v) is 2.81. The molecule has 0 aromatic heterocycles. The average molecular weight is 309 g/mol. The third kappa shape index (κ3) is 6.74. The van der Waals surface area contributed by atoms with E-state index in [2.05, 4.69) is 5.32 Å². The number of hydrogen-bond donors (Lipinski definition) is 1. The summed E-state index contributed by atoms with van der Waals surface area (Å²) in [6.07, 6.45) is 1.43. The van der Waals surface area contributed by atoms with Gasteiger partial charge >= 0.3 is 6.03 Å². The van der Waals surface area contributed by atoms with Crippen molar-refractivity contribution in [3.05, 3.63) is 0 Å². The fourth-order valence-electron chi connectivity index (χ4n) is 2.22.